The van der Waals surface area contributed by atoms with Crippen LogP contribution in [0.15, 0.2) is 24.5 Å². The van der Waals surface area contributed by atoms with E-state index in [9.17, 15) is 18.9 Å². The van der Waals surface area contributed by atoms with Crippen LogP contribution >= 0.6 is 7.82 Å². The monoisotopic (exact) mass is 420 g/mol. The molecule has 1 aromatic heterocycles. The van der Waals surface area contributed by atoms with Crippen molar-refractivity contribution in [3.63, 3.8) is 0 Å². The summed E-state index contributed by atoms with van der Waals surface area (Å²) < 4.78 is 32.7. The third-order valence-corrected chi connectivity index (χ3v) is 4.14. The molecule has 1 fully saturated rings. The molecule has 1 saturated heterocycles. The van der Waals surface area contributed by atoms with E-state index in [-0.39, 0.29) is 5.56 Å². The first kappa shape index (κ1) is 21.9. The Morgan fingerprint density at radius 3 is 2.32 bits per heavy atom. The van der Waals surface area contributed by atoms with E-state index in [1.54, 1.807) is 0 Å². The lowest BCUT2D eigenvalue weighted by Crippen LogP contribution is -2.48. The quantitative estimate of drug-likeness (QED) is 0.296. The van der Waals surface area contributed by atoms with Gasteiger partial charge in [0.2, 0.25) is 6.10 Å². The summed E-state index contributed by atoms with van der Waals surface area (Å²) in [5.74, 6) is -2.70. The fourth-order valence-corrected chi connectivity index (χ4v) is 3.02. The minimum atomic E-state index is -4.85. The Bertz CT molecular complexity index is 807. The number of phosphoric ester groups is 1. The van der Waals surface area contributed by atoms with Gasteiger partial charge in [-0.2, -0.15) is 4.57 Å². The first-order valence-electron chi connectivity index (χ1n) is 7.92. The molecule has 28 heavy (non-hydrogen) atoms. The lowest BCUT2D eigenvalue weighted by atomic mass is 10.1. The van der Waals surface area contributed by atoms with Crippen LogP contribution in [0.25, 0.3) is 0 Å². The Morgan fingerprint density at radius 2 is 1.79 bits per heavy atom. The van der Waals surface area contributed by atoms with Crippen molar-refractivity contribution in [2.75, 3.05) is 6.61 Å². The van der Waals surface area contributed by atoms with Crippen LogP contribution in [0, 0.1) is 0 Å². The van der Waals surface area contributed by atoms with E-state index in [1.165, 1.54) is 29.1 Å². The molecule has 3 N–H and O–H groups in total. The lowest BCUT2D eigenvalue weighted by Gasteiger charge is -2.21. The summed E-state index contributed by atoms with van der Waals surface area (Å²) in [6, 6.07) is 2.74. The number of aromatic nitrogens is 1. The van der Waals surface area contributed by atoms with Crippen molar-refractivity contribution in [3.05, 3.63) is 30.1 Å². The molecular weight excluding hydrogens is 401 g/mol. The Morgan fingerprint density at radius 1 is 1.18 bits per heavy atom. The lowest BCUT2D eigenvalue weighted by molar-refractivity contribution is -0.765. The fraction of sp³-hybridized carbons (Fsp3) is 0.467. The van der Waals surface area contributed by atoms with E-state index in [0.29, 0.717) is 0 Å². The highest BCUT2D eigenvalue weighted by atomic mass is 31.2. The van der Waals surface area contributed by atoms with Crippen LogP contribution in [-0.2, 0) is 32.9 Å². The van der Waals surface area contributed by atoms with Gasteiger partial charge in [-0.3, -0.25) is 14.1 Å². The topological polar surface area (TPSA) is 170 Å². The summed E-state index contributed by atoms with van der Waals surface area (Å²) in [6.45, 7) is 1.53. The van der Waals surface area contributed by atoms with Crippen LogP contribution in [-0.4, -0.2) is 57.7 Å². The van der Waals surface area contributed by atoms with Gasteiger partial charge in [0.25, 0.3) is 0 Å². The molecule has 1 aliphatic heterocycles. The van der Waals surface area contributed by atoms with Crippen molar-refractivity contribution in [3.8, 4) is 0 Å². The van der Waals surface area contributed by atoms with Gasteiger partial charge in [0.15, 0.2) is 18.5 Å². The third-order valence-electron chi connectivity index (χ3n) is 3.66. The van der Waals surface area contributed by atoms with Gasteiger partial charge < -0.3 is 29.1 Å². The number of carboxylic acid groups (broad SMARTS) is 1. The van der Waals surface area contributed by atoms with Crippen LogP contribution in [0.3, 0.4) is 0 Å². The van der Waals surface area contributed by atoms with E-state index in [2.05, 4.69) is 4.52 Å². The average molecular weight is 420 g/mol. The molecule has 0 amide bonds. The van der Waals surface area contributed by atoms with Crippen LogP contribution < -0.4 is 4.57 Å². The Kier molecular flexibility index (Phi) is 6.86. The standard InChI is InChI=1S/C15H18NO11P/c1-8(17)25-12-11(7-24-28(21,22)23)27-14(13(12)26-9(2)18)16-5-3-4-10(6-16)15(19)20/h3-6,11-14H,7H2,1-2H3,(H2-,19,20,21,22,23)/p+1/t11-,12?,13+,14-/m1/s1. The predicted octanol–water partition coefficient (Wildman–Crippen LogP) is -0.458. The smallest absolute Gasteiger partial charge is 0.469 e. The molecule has 0 aliphatic carbocycles. The van der Waals surface area contributed by atoms with Crippen molar-refractivity contribution >= 4 is 25.7 Å². The highest BCUT2D eigenvalue weighted by Crippen LogP contribution is 2.38. The van der Waals surface area contributed by atoms with Gasteiger partial charge in [0.1, 0.15) is 11.7 Å². The van der Waals surface area contributed by atoms with Crippen molar-refractivity contribution in [1.29, 1.82) is 0 Å². The maximum atomic E-state index is 11.5. The van der Waals surface area contributed by atoms with Crippen LogP contribution in [0.2, 0.25) is 0 Å². The maximum absolute atomic E-state index is 11.5. The second-order valence-corrected chi connectivity index (χ2v) is 7.08. The number of aromatic carboxylic acids is 1. The summed E-state index contributed by atoms with van der Waals surface area (Å²) in [7, 11) is -4.85. The first-order valence-corrected chi connectivity index (χ1v) is 9.45. The van der Waals surface area contributed by atoms with Gasteiger partial charge in [-0.15, -0.1) is 0 Å². The Balaban J connectivity index is 2.39. The number of esters is 2. The Labute approximate surface area is 158 Å². The number of hydrogen-bond donors (Lipinski definition) is 3. The van der Waals surface area contributed by atoms with Gasteiger partial charge in [-0.1, -0.05) is 0 Å². The molecule has 2 rings (SSSR count). The molecule has 0 radical (unpaired) electrons. The normalized spacial score (nSPS) is 24.6. The number of hydrogen-bond acceptors (Lipinski definition) is 8. The highest BCUT2D eigenvalue weighted by molar-refractivity contribution is 7.46. The average Bonchev–Trinajstić information content (AvgIpc) is 2.89. The molecule has 0 bridgehead atoms. The second kappa shape index (κ2) is 8.76. The largest absolute Gasteiger partial charge is 0.477 e. The second-order valence-electron chi connectivity index (χ2n) is 5.84. The van der Waals surface area contributed by atoms with E-state index in [0.717, 1.165) is 13.8 Å². The third kappa shape index (κ3) is 5.81. The van der Waals surface area contributed by atoms with Gasteiger partial charge in [-0.05, 0) is 6.07 Å². The number of nitrogens with zero attached hydrogens (tertiary/aromatic N) is 1. The molecule has 154 valence electrons. The molecule has 1 aromatic rings. The summed E-state index contributed by atoms with van der Waals surface area (Å²) in [4.78, 5) is 52.0. The van der Waals surface area contributed by atoms with E-state index in [1.807, 2.05) is 0 Å². The Hall–Kier alpha value is -2.37. The molecule has 0 spiro atoms. The number of ether oxygens (including phenoxy) is 3. The zero-order chi connectivity index (χ0) is 21.1. The number of pyridine rings is 1. The molecular formula is C15H19NO11P+. The van der Waals surface area contributed by atoms with Gasteiger partial charge >= 0.3 is 32.0 Å². The van der Waals surface area contributed by atoms with Crippen molar-refractivity contribution in [1.82, 2.24) is 0 Å². The van der Waals surface area contributed by atoms with Gasteiger partial charge in [0, 0.05) is 19.9 Å². The summed E-state index contributed by atoms with van der Waals surface area (Å²) in [5.41, 5.74) is -0.0911. The predicted molar refractivity (Wildman–Crippen MR) is 86.6 cm³/mol. The highest BCUT2D eigenvalue weighted by Gasteiger charge is 2.54. The van der Waals surface area contributed by atoms with Gasteiger partial charge in [-0.25, -0.2) is 9.36 Å². The van der Waals surface area contributed by atoms with Crippen LogP contribution in [0.4, 0.5) is 0 Å². The summed E-state index contributed by atoms with van der Waals surface area (Å²) >= 11 is 0. The van der Waals surface area contributed by atoms with E-state index in [4.69, 9.17) is 29.1 Å². The molecule has 13 heteroatoms. The minimum Gasteiger partial charge on any atom is -0.477 e. The zero-order valence-electron chi connectivity index (χ0n) is 14.8. The molecule has 12 nitrogen and oxygen atoms in total. The minimum absolute atomic E-state index is 0.0911. The van der Waals surface area contributed by atoms with Crippen LogP contribution in [0.1, 0.15) is 30.4 Å². The number of phosphoric acid groups is 1. The van der Waals surface area contributed by atoms with Crippen LogP contribution in [0.5, 0.6) is 0 Å². The number of carbonyl (C=O) groups excluding carboxylic acids is 2. The van der Waals surface area contributed by atoms with E-state index < -0.39 is 56.9 Å². The number of rotatable bonds is 7. The maximum Gasteiger partial charge on any atom is 0.469 e. The van der Waals surface area contributed by atoms with Crippen molar-refractivity contribution in [2.45, 2.75) is 38.4 Å². The molecule has 4 atom stereocenters. The van der Waals surface area contributed by atoms with Gasteiger partial charge in [0.05, 0.1) is 6.61 Å². The zero-order valence-corrected chi connectivity index (χ0v) is 15.7. The summed E-state index contributed by atoms with van der Waals surface area (Å²) in [5, 5.41) is 9.14. The molecule has 0 saturated carbocycles. The SMILES string of the molecule is CC(=O)OC1[C@@H](COP(=O)(O)O)O[C@@H]([n+]2cccc(C(=O)O)c2)[C@H]1OC(C)=O. The van der Waals surface area contributed by atoms with Crippen molar-refractivity contribution in [2.24, 2.45) is 0 Å². The molecule has 2 heterocycles. The van der Waals surface area contributed by atoms with E-state index >= 15 is 0 Å². The summed E-state index contributed by atoms with van der Waals surface area (Å²) in [6.07, 6.45) is -2.17. The fourth-order valence-electron chi connectivity index (χ4n) is 2.68. The van der Waals surface area contributed by atoms with Crippen molar-refractivity contribution < 1.29 is 57.1 Å². The molecule has 1 aliphatic rings. The number of carboxylic acids is 1. The first-order chi connectivity index (χ1) is 13.0. The molecule has 1 unspecified atom stereocenters. The molecule has 0 aromatic carbocycles. The number of carbonyl (C=O) groups is 3.